The van der Waals surface area contributed by atoms with Crippen molar-refractivity contribution in [3.63, 3.8) is 0 Å². The van der Waals surface area contributed by atoms with Gasteiger partial charge in [0.25, 0.3) is 0 Å². The number of nitrogens with one attached hydrogen (secondary N) is 1. The molecule has 0 spiro atoms. The molecule has 0 aromatic rings. The van der Waals surface area contributed by atoms with Crippen LogP contribution in [0.1, 0.15) is 59.3 Å². The van der Waals surface area contributed by atoms with E-state index in [1.807, 2.05) is 39.0 Å². The highest BCUT2D eigenvalue weighted by molar-refractivity contribution is 6.11. The summed E-state index contributed by atoms with van der Waals surface area (Å²) < 4.78 is 0. The molecule has 0 aromatic carbocycles. The molecule has 1 aliphatic rings. The van der Waals surface area contributed by atoms with E-state index in [-0.39, 0.29) is 0 Å². The lowest BCUT2D eigenvalue weighted by Crippen LogP contribution is -2.19. The fourth-order valence-corrected chi connectivity index (χ4v) is 2.93. The Morgan fingerprint density at radius 1 is 1.04 bits per heavy atom. The van der Waals surface area contributed by atoms with Crippen molar-refractivity contribution in [2.75, 3.05) is 0 Å². The molecule has 1 nitrogen and oxygen atoms in total. The summed E-state index contributed by atoms with van der Waals surface area (Å²) in [5, 5.41) is 3.43. The first kappa shape index (κ1) is 23.3. The minimum atomic E-state index is 0.339. The second-order valence-corrected chi connectivity index (χ2v) is 6.14. The first-order chi connectivity index (χ1) is 12.1. The third-order valence-corrected chi connectivity index (χ3v) is 4.35. The smallest absolute Gasteiger partial charge is 0.0699 e. The highest BCUT2D eigenvalue weighted by atomic mass is 14.9. The van der Waals surface area contributed by atoms with Crippen LogP contribution in [0.15, 0.2) is 73.2 Å². The molecule has 2 radical (unpaired) electrons. The van der Waals surface area contributed by atoms with E-state index in [4.69, 9.17) is 7.85 Å². The van der Waals surface area contributed by atoms with Crippen LogP contribution in [-0.2, 0) is 0 Å². The van der Waals surface area contributed by atoms with Crippen LogP contribution in [0.25, 0.3) is 0 Å². The molecule has 0 heterocycles. The molecular weight excluding hydrogens is 301 g/mol. The van der Waals surface area contributed by atoms with Gasteiger partial charge in [-0.1, -0.05) is 83.3 Å². The highest BCUT2D eigenvalue weighted by Gasteiger charge is 2.19. The molecule has 1 aliphatic carbocycles. The fourth-order valence-electron chi connectivity index (χ4n) is 2.93. The minimum absolute atomic E-state index is 0.339. The molecule has 1 rings (SSSR count). The molecular formula is C23H36BN. The quantitative estimate of drug-likeness (QED) is 0.398. The zero-order chi connectivity index (χ0) is 19.1. The van der Waals surface area contributed by atoms with Crippen molar-refractivity contribution < 1.29 is 0 Å². The van der Waals surface area contributed by atoms with Crippen molar-refractivity contribution in [2.24, 2.45) is 5.92 Å². The summed E-state index contributed by atoms with van der Waals surface area (Å²) in [7, 11) is 6.16. The first-order valence-electron chi connectivity index (χ1n) is 9.62. The van der Waals surface area contributed by atoms with Gasteiger partial charge in [-0.15, -0.1) is 0 Å². The van der Waals surface area contributed by atoms with Crippen molar-refractivity contribution in [3.05, 3.63) is 73.2 Å². The molecule has 136 valence electrons. The van der Waals surface area contributed by atoms with E-state index < -0.39 is 0 Å². The average molecular weight is 337 g/mol. The SMILES string of the molecule is CC.[B]C1CCCCC(C(=C)/C(=C\C=C/C)N/C(C=C)=C/C=C)CC1. The van der Waals surface area contributed by atoms with Gasteiger partial charge in [-0.3, -0.25) is 0 Å². The van der Waals surface area contributed by atoms with Crippen LogP contribution in [0.4, 0.5) is 0 Å². The predicted molar refractivity (Wildman–Crippen MR) is 116 cm³/mol. The predicted octanol–water partition coefficient (Wildman–Crippen LogP) is 6.80. The molecule has 2 atom stereocenters. The maximum atomic E-state index is 6.16. The lowest BCUT2D eigenvalue weighted by Gasteiger charge is -2.26. The van der Waals surface area contributed by atoms with Gasteiger partial charge in [0.1, 0.15) is 0 Å². The summed E-state index contributed by atoms with van der Waals surface area (Å²) in [5.41, 5.74) is 3.14. The van der Waals surface area contributed by atoms with E-state index in [1.165, 1.54) is 19.3 Å². The van der Waals surface area contributed by atoms with Crippen LogP contribution in [0, 0.1) is 5.92 Å². The molecule has 0 aliphatic heterocycles. The third kappa shape index (κ3) is 9.38. The lowest BCUT2D eigenvalue weighted by atomic mass is 9.73. The Morgan fingerprint density at radius 3 is 2.32 bits per heavy atom. The number of rotatable bonds is 7. The van der Waals surface area contributed by atoms with Crippen molar-refractivity contribution in [1.82, 2.24) is 5.32 Å². The van der Waals surface area contributed by atoms with E-state index >= 15 is 0 Å². The van der Waals surface area contributed by atoms with E-state index in [9.17, 15) is 0 Å². The normalized spacial score (nSPS) is 22.2. The van der Waals surface area contributed by atoms with Crippen LogP contribution in [0.3, 0.4) is 0 Å². The third-order valence-electron chi connectivity index (χ3n) is 4.35. The van der Waals surface area contributed by atoms with E-state index in [2.05, 4.69) is 31.1 Å². The van der Waals surface area contributed by atoms with Crippen LogP contribution < -0.4 is 5.32 Å². The van der Waals surface area contributed by atoms with Crippen LogP contribution in [0.5, 0.6) is 0 Å². The Labute approximate surface area is 157 Å². The van der Waals surface area contributed by atoms with Crippen molar-refractivity contribution in [1.29, 1.82) is 0 Å². The second-order valence-electron chi connectivity index (χ2n) is 6.14. The molecule has 0 bridgehead atoms. The van der Waals surface area contributed by atoms with Gasteiger partial charge in [0, 0.05) is 11.4 Å². The Bertz CT molecular complexity index is 496. The fraction of sp³-hybridized carbons (Fsp3) is 0.478. The van der Waals surface area contributed by atoms with Crippen LogP contribution >= 0.6 is 0 Å². The molecule has 0 saturated heterocycles. The van der Waals surface area contributed by atoms with Crippen molar-refractivity contribution >= 4 is 7.85 Å². The van der Waals surface area contributed by atoms with Gasteiger partial charge >= 0.3 is 0 Å². The van der Waals surface area contributed by atoms with Gasteiger partial charge in [0.15, 0.2) is 0 Å². The standard InChI is InChI=1S/C21H30BN.C2H6/c1-5-8-14-21(23-20(7-3)11-6-2)17(4)18-12-9-10-13-19(22)16-15-18;1-2/h5-8,11,14,18-19,23H,2-4,9-10,12-13,15-16H2,1H3;1-2H3/b8-5-,20-11+,21-14+;. The maximum absolute atomic E-state index is 6.16. The molecule has 1 saturated carbocycles. The van der Waals surface area contributed by atoms with Gasteiger partial charge in [-0.05, 0) is 49.5 Å². The Balaban J connectivity index is 0.00000277. The average Bonchev–Trinajstić information content (AvgIpc) is 2.62. The molecule has 2 heteroatoms. The van der Waals surface area contributed by atoms with Crippen LogP contribution in [0.2, 0.25) is 5.82 Å². The largest absolute Gasteiger partial charge is 0.355 e. The Morgan fingerprint density at radius 2 is 1.72 bits per heavy atom. The highest BCUT2D eigenvalue weighted by Crippen LogP contribution is 2.33. The van der Waals surface area contributed by atoms with Crippen molar-refractivity contribution in [3.8, 4) is 0 Å². The summed E-state index contributed by atoms with van der Waals surface area (Å²) in [6.07, 6.45) is 18.6. The Hall–Kier alpha value is -1.70. The van der Waals surface area contributed by atoms with E-state index in [0.717, 1.165) is 36.2 Å². The van der Waals surface area contributed by atoms with Gasteiger partial charge in [-0.25, -0.2) is 0 Å². The molecule has 0 amide bonds. The van der Waals surface area contributed by atoms with E-state index in [1.54, 1.807) is 12.2 Å². The summed E-state index contributed by atoms with van der Waals surface area (Å²) in [6, 6.07) is 0. The number of hydrogen-bond acceptors (Lipinski definition) is 1. The maximum Gasteiger partial charge on any atom is 0.0699 e. The molecule has 1 fully saturated rings. The number of allylic oxidation sites excluding steroid dienone is 7. The second kappa shape index (κ2) is 14.6. The summed E-state index contributed by atoms with van der Waals surface area (Å²) in [4.78, 5) is 0. The molecule has 25 heavy (non-hydrogen) atoms. The first-order valence-corrected chi connectivity index (χ1v) is 9.62. The van der Waals surface area contributed by atoms with Crippen LogP contribution in [-0.4, -0.2) is 7.85 Å². The summed E-state index contributed by atoms with van der Waals surface area (Å²) in [5.74, 6) is 0.825. The summed E-state index contributed by atoms with van der Waals surface area (Å²) >= 11 is 0. The monoisotopic (exact) mass is 337 g/mol. The van der Waals surface area contributed by atoms with E-state index in [0.29, 0.717) is 11.7 Å². The van der Waals surface area contributed by atoms with Gasteiger partial charge in [0.2, 0.25) is 0 Å². The topological polar surface area (TPSA) is 12.0 Å². The van der Waals surface area contributed by atoms with Gasteiger partial charge in [-0.2, -0.15) is 0 Å². The molecule has 2 unspecified atom stereocenters. The van der Waals surface area contributed by atoms with Crippen molar-refractivity contribution in [2.45, 2.75) is 65.1 Å². The molecule has 1 N–H and O–H groups in total. The zero-order valence-electron chi connectivity index (χ0n) is 16.6. The van der Waals surface area contributed by atoms with Gasteiger partial charge in [0.05, 0.1) is 7.85 Å². The van der Waals surface area contributed by atoms with Gasteiger partial charge < -0.3 is 5.32 Å². The minimum Gasteiger partial charge on any atom is -0.355 e. The molecule has 0 aromatic heterocycles. The Kier molecular flexibility index (Phi) is 13.6. The number of hydrogen-bond donors (Lipinski definition) is 1. The lowest BCUT2D eigenvalue weighted by molar-refractivity contribution is 0.422. The summed E-state index contributed by atoms with van der Waals surface area (Å²) in [6.45, 7) is 18.0. The zero-order valence-corrected chi connectivity index (χ0v) is 16.6.